The van der Waals surface area contributed by atoms with Crippen LogP contribution in [0.5, 0.6) is 0 Å². The molecule has 0 amide bonds. The second-order valence-electron chi connectivity index (χ2n) is 12.3. The van der Waals surface area contributed by atoms with Gasteiger partial charge in [-0.25, -0.2) is 0 Å². The van der Waals surface area contributed by atoms with E-state index in [1.54, 1.807) is 0 Å². The maximum absolute atomic E-state index is 10.6. The predicted octanol–water partition coefficient (Wildman–Crippen LogP) is 5.14. The summed E-state index contributed by atoms with van der Waals surface area (Å²) in [5.74, 6) is 3.11. The molecule has 31 heavy (non-hydrogen) atoms. The van der Waals surface area contributed by atoms with Gasteiger partial charge in [-0.15, -0.1) is 0 Å². The molecule has 4 nitrogen and oxygen atoms in total. The van der Waals surface area contributed by atoms with Crippen LogP contribution in [0.3, 0.4) is 0 Å². The van der Waals surface area contributed by atoms with Crippen LogP contribution < -0.4 is 5.73 Å². The highest BCUT2D eigenvalue weighted by molar-refractivity contribution is 5.26. The van der Waals surface area contributed by atoms with E-state index >= 15 is 0 Å². The van der Waals surface area contributed by atoms with Crippen molar-refractivity contribution in [3.63, 3.8) is 0 Å². The van der Waals surface area contributed by atoms with Crippen molar-refractivity contribution >= 4 is 0 Å². The van der Waals surface area contributed by atoms with E-state index in [2.05, 4.69) is 31.6 Å². The zero-order chi connectivity index (χ0) is 21.8. The lowest BCUT2D eigenvalue weighted by molar-refractivity contribution is -0.0693. The molecule has 174 valence electrons. The van der Waals surface area contributed by atoms with Gasteiger partial charge in [0.1, 0.15) is 0 Å². The Bertz CT molecular complexity index is 783. The molecule has 5 rings (SSSR count). The molecule has 0 unspecified atom stereocenters. The first-order valence-corrected chi connectivity index (χ1v) is 13.3. The highest BCUT2D eigenvalue weighted by atomic mass is 16.3. The lowest BCUT2D eigenvalue weighted by Gasteiger charge is -2.56. The van der Waals surface area contributed by atoms with Crippen LogP contribution in [0.4, 0.5) is 0 Å². The van der Waals surface area contributed by atoms with E-state index in [0.29, 0.717) is 29.2 Å². The van der Waals surface area contributed by atoms with Gasteiger partial charge in [0, 0.05) is 12.3 Å². The van der Waals surface area contributed by atoms with Gasteiger partial charge in [-0.3, -0.25) is 4.68 Å². The van der Waals surface area contributed by atoms with Crippen molar-refractivity contribution in [2.45, 2.75) is 97.4 Å². The molecular weight excluding hydrogens is 382 g/mol. The molecule has 1 aromatic heterocycles. The largest absolute Gasteiger partial charge is 0.396 e. The first-order chi connectivity index (χ1) is 14.9. The van der Waals surface area contributed by atoms with Gasteiger partial charge in [0.05, 0.1) is 12.2 Å². The SMILES string of the molecule is C[C@H]1CC[C@H]2[C@H](CN)[C@@H]([C@]3(C)Cc4cnn(C5CCCCC5)c4C[C@@H]3CO)CC[C@]12C. The number of hydrogen-bond donors (Lipinski definition) is 2. The molecule has 3 saturated carbocycles. The molecule has 0 aliphatic heterocycles. The number of aliphatic hydroxyl groups is 1. The molecule has 4 heteroatoms. The second kappa shape index (κ2) is 8.17. The Labute approximate surface area is 189 Å². The van der Waals surface area contributed by atoms with Gasteiger partial charge in [0.15, 0.2) is 0 Å². The van der Waals surface area contributed by atoms with Gasteiger partial charge < -0.3 is 10.8 Å². The van der Waals surface area contributed by atoms with Gasteiger partial charge in [-0.05, 0) is 104 Å². The van der Waals surface area contributed by atoms with E-state index in [1.807, 2.05) is 0 Å². The highest BCUT2D eigenvalue weighted by Crippen LogP contribution is 2.63. The van der Waals surface area contributed by atoms with Crippen molar-refractivity contribution in [2.24, 2.45) is 46.2 Å². The van der Waals surface area contributed by atoms with Crippen molar-refractivity contribution < 1.29 is 5.11 Å². The minimum Gasteiger partial charge on any atom is -0.396 e. The molecule has 0 radical (unpaired) electrons. The molecule has 4 aliphatic rings. The first-order valence-electron chi connectivity index (χ1n) is 13.3. The summed E-state index contributed by atoms with van der Waals surface area (Å²) in [5, 5.41) is 15.5. The van der Waals surface area contributed by atoms with Gasteiger partial charge >= 0.3 is 0 Å². The lowest BCUT2D eigenvalue weighted by atomic mass is 9.49. The van der Waals surface area contributed by atoms with Crippen molar-refractivity contribution in [3.05, 3.63) is 17.5 Å². The van der Waals surface area contributed by atoms with Gasteiger partial charge in [-0.2, -0.15) is 5.10 Å². The quantitative estimate of drug-likeness (QED) is 0.699. The number of aromatic nitrogens is 2. The number of fused-ring (bicyclic) bond motifs is 2. The molecule has 0 aromatic carbocycles. The van der Waals surface area contributed by atoms with E-state index in [-0.39, 0.29) is 12.0 Å². The maximum Gasteiger partial charge on any atom is 0.0525 e. The molecule has 7 atom stereocenters. The molecule has 3 fully saturated rings. The summed E-state index contributed by atoms with van der Waals surface area (Å²) in [5.41, 5.74) is 10.0. The van der Waals surface area contributed by atoms with Gasteiger partial charge in [-0.1, -0.05) is 40.0 Å². The van der Waals surface area contributed by atoms with E-state index in [9.17, 15) is 5.11 Å². The molecule has 0 bridgehead atoms. The summed E-state index contributed by atoms with van der Waals surface area (Å²) in [4.78, 5) is 0. The van der Waals surface area contributed by atoms with Crippen molar-refractivity contribution in [3.8, 4) is 0 Å². The fourth-order valence-electron chi connectivity index (χ4n) is 8.86. The van der Waals surface area contributed by atoms with Gasteiger partial charge in [0.25, 0.3) is 0 Å². The second-order valence-corrected chi connectivity index (χ2v) is 12.3. The summed E-state index contributed by atoms with van der Waals surface area (Å²) in [6, 6.07) is 0.577. The molecule has 4 aliphatic carbocycles. The monoisotopic (exact) mass is 427 g/mol. The maximum atomic E-state index is 10.6. The van der Waals surface area contributed by atoms with Crippen molar-refractivity contribution in [1.82, 2.24) is 9.78 Å². The fraction of sp³-hybridized carbons (Fsp3) is 0.889. The molecule has 3 N–H and O–H groups in total. The van der Waals surface area contributed by atoms with Crippen LogP contribution in [0.15, 0.2) is 6.20 Å². The average molecular weight is 428 g/mol. The van der Waals surface area contributed by atoms with Crippen LogP contribution in [0, 0.1) is 40.4 Å². The van der Waals surface area contributed by atoms with E-state index in [4.69, 9.17) is 10.8 Å². The fourth-order valence-corrected chi connectivity index (χ4v) is 8.86. The smallest absolute Gasteiger partial charge is 0.0525 e. The topological polar surface area (TPSA) is 64.1 Å². The van der Waals surface area contributed by atoms with E-state index in [0.717, 1.165) is 31.2 Å². The van der Waals surface area contributed by atoms with Crippen LogP contribution in [-0.4, -0.2) is 28.0 Å². The van der Waals surface area contributed by atoms with Crippen molar-refractivity contribution in [1.29, 1.82) is 0 Å². The summed E-state index contributed by atoms with van der Waals surface area (Å²) in [7, 11) is 0. The number of aliphatic hydroxyl groups excluding tert-OH is 1. The number of hydrogen-bond acceptors (Lipinski definition) is 3. The zero-order valence-electron chi connectivity index (χ0n) is 20.2. The first kappa shape index (κ1) is 21.9. The molecule has 0 spiro atoms. The highest BCUT2D eigenvalue weighted by Gasteiger charge is 2.57. The van der Waals surface area contributed by atoms with E-state index in [1.165, 1.54) is 69.0 Å². The Morgan fingerprint density at radius 3 is 2.52 bits per heavy atom. The number of rotatable bonds is 4. The third-order valence-electron chi connectivity index (χ3n) is 11.1. The number of nitrogens with two attached hydrogens (primary N) is 1. The minimum absolute atomic E-state index is 0.124. The van der Waals surface area contributed by atoms with Crippen LogP contribution >= 0.6 is 0 Å². The van der Waals surface area contributed by atoms with Crippen LogP contribution in [-0.2, 0) is 12.8 Å². The molecule has 1 aromatic rings. The minimum atomic E-state index is 0.124. The Kier molecular flexibility index (Phi) is 5.78. The summed E-state index contributed by atoms with van der Waals surface area (Å²) in [6.45, 7) is 8.60. The Hall–Kier alpha value is -0.870. The molecular formula is C27H45N3O. The van der Waals surface area contributed by atoms with Crippen LogP contribution in [0.25, 0.3) is 0 Å². The summed E-state index contributed by atoms with van der Waals surface area (Å²) < 4.78 is 2.37. The average Bonchev–Trinajstić information content (AvgIpc) is 3.32. The van der Waals surface area contributed by atoms with E-state index < -0.39 is 0 Å². The standard InChI is InChI=1S/C27H45N3O/c1-18-9-10-23-22(15-28)24(11-12-26(18,23)2)27(3)14-19-16-29-30(21-7-5-4-6-8-21)25(19)13-20(27)17-31/h16,18,20-24,31H,4-15,17,28H2,1-3H3/t18-,20+,22-,23-,24-,26+,27+/m0/s1. The zero-order valence-corrected chi connectivity index (χ0v) is 20.2. The molecule has 0 saturated heterocycles. The van der Waals surface area contributed by atoms with Gasteiger partial charge in [0.2, 0.25) is 0 Å². The summed E-state index contributed by atoms with van der Waals surface area (Å²) in [6.07, 6.45) is 16.1. The Balaban J connectivity index is 1.45. The van der Waals surface area contributed by atoms with Crippen LogP contribution in [0.1, 0.15) is 95.9 Å². The lowest BCUT2D eigenvalue weighted by Crippen LogP contribution is -2.53. The molecule has 1 heterocycles. The Morgan fingerprint density at radius 1 is 1.06 bits per heavy atom. The third kappa shape index (κ3) is 3.34. The predicted molar refractivity (Wildman–Crippen MR) is 126 cm³/mol. The van der Waals surface area contributed by atoms with Crippen molar-refractivity contribution in [2.75, 3.05) is 13.2 Å². The summed E-state index contributed by atoms with van der Waals surface area (Å²) >= 11 is 0. The third-order valence-corrected chi connectivity index (χ3v) is 11.1. The van der Waals surface area contributed by atoms with Crippen LogP contribution in [0.2, 0.25) is 0 Å². The normalized spacial score (nSPS) is 43.6. The Morgan fingerprint density at radius 2 is 1.81 bits per heavy atom. The number of nitrogens with zero attached hydrogens (tertiary/aromatic N) is 2.